The van der Waals surface area contributed by atoms with Crippen LogP contribution >= 0.6 is 0 Å². The molecule has 1 rings (SSSR count). The normalized spacial score (nSPS) is 15.7. The van der Waals surface area contributed by atoms with Crippen LogP contribution in [-0.2, 0) is 27.2 Å². The number of H-pyrrole nitrogens is 1. The summed E-state index contributed by atoms with van der Waals surface area (Å²) in [6, 6.07) is 0. The van der Waals surface area contributed by atoms with E-state index in [0.717, 1.165) is 0 Å². The van der Waals surface area contributed by atoms with Gasteiger partial charge in [-0.05, 0) is 6.92 Å². The van der Waals surface area contributed by atoms with Gasteiger partial charge in [-0.15, -0.1) is 0 Å². The number of hydrogen-bond donors (Lipinski definition) is 2. The Morgan fingerprint density at radius 1 is 1.59 bits per heavy atom. The maximum absolute atomic E-state index is 11.8. The highest BCUT2D eigenvalue weighted by Gasteiger charge is 2.18. The van der Waals surface area contributed by atoms with Crippen LogP contribution in [0.1, 0.15) is 19.7 Å². The first kappa shape index (κ1) is 14.3. The van der Waals surface area contributed by atoms with Crippen LogP contribution in [0, 0.1) is 0 Å². The third kappa shape index (κ3) is 3.90. The Bertz CT molecular complexity index is 495. The van der Waals surface area contributed by atoms with Crippen LogP contribution < -0.4 is 4.72 Å². The number of sulfonamides is 1. The molecule has 0 saturated heterocycles. The predicted octanol–water partition coefficient (Wildman–Crippen LogP) is 0.0174. The van der Waals surface area contributed by atoms with E-state index < -0.39 is 20.8 Å². The molecule has 0 fully saturated rings. The van der Waals surface area contributed by atoms with Crippen molar-refractivity contribution in [3.05, 3.63) is 12.0 Å². The Balaban J connectivity index is 2.72. The number of aromatic amines is 1. The zero-order valence-corrected chi connectivity index (χ0v) is 11.7. The first-order valence-corrected chi connectivity index (χ1v) is 8.33. The quantitative estimate of drug-likeness (QED) is 0.767. The van der Waals surface area contributed by atoms with Crippen LogP contribution in [0.2, 0.25) is 0 Å². The molecular formula is C9H17N3O3S2. The molecule has 0 aliphatic carbocycles. The largest absolute Gasteiger partial charge is 0.332 e. The van der Waals surface area contributed by atoms with Crippen LogP contribution in [0.15, 0.2) is 11.2 Å². The molecule has 1 aromatic rings. The highest BCUT2D eigenvalue weighted by Crippen LogP contribution is 2.06. The molecule has 0 aliphatic heterocycles. The molecule has 17 heavy (non-hydrogen) atoms. The number of hydrogen-bond acceptors (Lipinski definition) is 4. The third-order valence-corrected chi connectivity index (χ3v) is 4.99. The van der Waals surface area contributed by atoms with Crippen LogP contribution in [-0.4, -0.2) is 40.6 Å². The van der Waals surface area contributed by atoms with Crippen molar-refractivity contribution in [1.29, 1.82) is 0 Å². The van der Waals surface area contributed by atoms with Gasteiger partial charge in [0.15, 0.2) is 5.03 Å². The van der Waals surface area contributed by atoms with Crippen molar-refractivity contribution >= 4 is 20.8 Å². The lowest BCUT2D eigenvalue weighted by Crippen LogP contribution is -2.32. The summed E-state index contributed by atoms with van der Waals surface area (Å²) in [4.78, 5) is 6.65. The first-order chi connectivity index (χ1) is 7.86. The summed E-state index contributed by atoms with van der Waals surface area (Å²) in [7, 11) is -4.63. The molecule has 8 heteroatoms. The SMILES string of the molecule is CCc1ncc(S(=O)(=O)NCC(C)S(C)=O)[nH]1. The average molecular weight is 279 g/mol. The molecule has 0 radical (unpaired) electrons. The van der Waals surface area contributed by atoms with Gasteiger partial charge in [0, 0.05) is 35.3 Å². The first-order valence-electron chi connectivity index (χ1n) is 5.22. The monoisotopic (exact) mass is 279 g/mol. The summed E-state index contributed by atoms with van der Waals surface area (Å²) in [5, 5.41) is -0.179. The average Bonchev–Trinajstić information content (AvgIpc) is 2.75. The van der Waals surface area contributed by atoms with E-state index in [1.807, 2.05) is 6.92 Å². The van der Waals surface area contributed by atoms with Crippen molar-refractivity contribution in [1.82, 2.24) is 14.7 Å². The van der Waals surface area contributed by atoms with Gasteiger partial charge in [0.1, 0.15) is 5.82 Å². The topological polar surface area (TPSA) is 91.9 Å². The van der Waals surface area contributed by atoms with Crippen molar-refractivity contribution in [2.75, 3.05) is 12.8 Å². The Hall–Kier alpha value is -0.730. The fourth-order valence-corrected chi connectivity index (χ4v) is 2.57. The van der Waals surface area contributed by atoms with Crippen molar-refractivity contribution in [2.24, 2.45) is 0 Å². The molecule has 1 heterocycles. The molecule has 0 aromatic carbocycles. The van der Waals surface area contributed by atoms with Gasteiger partial charge in [0.25, 0.3) is 10.0 Å². The van der Waals surface area contributed by atoms with Gasteiger partial charge in [-0.1, -0.05) is 6.92 Å². The fraction of sp³-hybridized carbons (Fsp3) is 0.667. The Labute approximate surface area is 104 Å². The molecular weight excluding hydrogens is 262 g/mol. The molecule has 0 aliphatic rings. The van der Waals surface area contributed by atoms with E-state index >= 15 is 0 Å². The standard InChI is InChI=1S/C9H17N3O3S2/c1-4-8-10-6-9(12-8)17(14,15)11-5-7(2)16(3)13/h6-7,11H,4-5H2,1-3H3,(H,10,12). The number of nitrogens with zero attached hydrogens (tertiary/aromatic N) is 1. The highest BCUT2D eigenvalue weighted by molar-refractivity contribution is 7.89. The second-order valence-corrected chi connectivity index (χ2v) is 7.25. The van der Waals surface area contributed by atoms with Crippen molar-refractivity contribution in [2.45, 2.75) is 30.5 Å². The maximum Gasteiger partial charge on any atom is 0.257 e. The number of imidazole rings is 1. The van der Waals surface area contributed by atoms with E-state index in [9.17, 15) is 12.6 Å². The van der Waals surface area contributed by atoms with Gasteiger partial charge in [-0.2, -0.15) is 0 Å². The van der Waals surface area contributed by atoms with Gasteiger partial charge in [-0.3, -0.25) is 4.21 Å². The zero-order chi connectivity index (χ0) is 13.1. The summed E-state index contributed by atoms with van der Waals surface area (Å²) >= 11 is 0. The zero-order valence-electron chi connectivity index (χ0n) is 10.1. The van der Waals surface area contributed by atoms with Crippen molar-refractivity contribution < 1.29 is 12.6 Å². The molecule has 0 amide bonds. The summed E-state index contributed by atoms with van der Waals surface area (Å²) in [6.45, 7) is 3.75. The lowest BCUT2D eigenvalue weighted by atomic mass is 10.5. The smallest absolute Gasteiger partial charge is 0.257 e. The second kappa shape index (κ2) is 5.74. The van der Waals surface area contributed by atoms with Crippen LogP contribution in [0.25, 0.3) is 0 Å². The molecule has 6 nitrogen and oxygen atoms in total. The summed E-state index contributed by atoms with van der Waals surface area (Å²) < 4.78 is 37.1. The van der Waals surface area contributed by atoms with Gasteiger partial charge < -0.3 is 4.98 Å². The number of nitrogens with one attached hydrogen (secondary N) is 2. The number of aryl methyl sites for hydroxylation is 1. The predicted molar refractivity (Wildman–Crippen MR) is 66.7 cm³/mol. The van der Waals surface area contributed by atoms with E-state index in [1.165, 1.54) is 6.20 Å². The van der Waals surface area contributed by atoms with E-state index in [-0.39, 0.29) is 16.8 Å². The highest BCUT2D eigenvalue weighted by atomic mass is 32.2. The van der Waals surface area contributed by atoms with Crippen molar-refractivity contribution in [3.8, 4) is 0 Å². The number of rotatable bonds is 6. The van der Waals surface area contributed by atoms with E-state index in [2.05, 4.69) is 14.7 Å². The molecule has 0 saturated carbocycles. The summed E-state index contributed by atoms with van der Waals surface area (Å²) in [6.07, 6.45) is 3.48. The van der Waals surface area contributed by atoms with Crippen LogP contribution in [0.5, 0.6) is 0 Å². The molecule has 2 unspecified atom stereocenters. The Morgan fingerprint density at radius 3 is 2.71 bits per heavy atom. The Morgan fingerprint density at radius 2 is 2.24 bits per heavy atom. The van der Waals surface area contributed by atoms with E-state index in [0.29, 0.717) is 12.2 Å². The molecule has 0 bridgehead atoms. The van der Waals surface area contributed by atoms with E-state index in [4.69, 9.17) is 0 Å². The molecule has 2 atom stereocenters. The van der Waals surface area contributed by atoms with Crippen molar-refractivity contribution in [3.63, 3.8) is 0 Å². The fourth-order valence-electron chi connectivity index (χ4n) is 1.08. The summed E-state index contributed by atoms with van der Waals surface area (Å²) in [5.74, 6) is 0.623. The second-order valence-electron chi connectivity index (χ2n) is 3.71. The molecule has 98 valence electrons. The Kier molecular flexibility index (Phi) is 4.84. The molecule has 1 aromatic heterocycles. The third-order valence-electron chi connectivity index (χ3n) is 2.36. The van der Waals surface area contributed by atoms with Gasteiger partial charge in [0.05, 0.1) is 6.20 Å². The van der Waals surface area contributed by atoms with Gasteiger partial charge in [0.2, 0.25) is 0 Å². The van der Waals surface area contributed by atoms with Gasteiger partial charge >= 0.3 is 0 Å². The molecule has 0 spiro atoms. The molecule has 2 N–H and O–H groups in total. The van der Waals surface area contributed by atoms with Crippen LogP contribution in [0.3, 0.4) is 0 Å². The lowest BCUT2D eigenvalue weighted by molar-refractivity contribution is 0.577. The number of aromatic nitrogens is 2. The van der Waals surface area contributed by atoms with E-state index in [1.54, 1.807) is 13.2 Å². The minimum atomic E-state index is -3.58. The van der Waals surface area contributed by atoms with Gasteiger partial charge in [-0.25, -0.2) is 18.1 Å². The minimum absolute atomic E-state index is 0.0448. The van der Waals surface area contributed by atoms with Crippen LogP contribution in [0.4, 0.5) is 0 Å². The maximum atomic E-state index is 11.8. The minimum Gasteiger partial charge on any atom is -0.332 e. The summed E-state index contributed by atoms with van der Waals surface area (Å²) in [5.41, 5.74) is 0. The lowest BCUT2D eigenvalue weighted by Gasteiger charge is -2.09.